The third kappa shape index (κ3) is 6.93. The van der Waals surface area contributed by atoms with Crippen molar-refractivity contribution in [2.24, 2.45) is 5.92 Å². The Kier molecular flexibility index (Phi) is 9.76. The Balaban J connectivity index is 0.00000341. The van der Waals surface area contributed by atoms with E-state index in [1.807, 2.05) is 12.1 Å². The van der Waals surface area contributed by atoms with Gasteiger partial charge in [-0.1, -0.05) is 18.2 Å². The molecule has 2 atom stereocenters. The van der Waals surface area contributed by atoms with Gasteiger partial charge >= 0.3 is 11.9 Å². The minimum atomic E-state index is -1.11. The van der Waals surface area contributed by atoms with E-state index in [2.05, 4.69) is 10.6 Å². The fraction of sp³-hybridized carbons (Fsp3) is 0.571. The lowest BCUT2D eigenvalue weighted by Crippen LogP contribution is -2.53. The number of anilines is 1. The van der Waals surface area contributed by atoms with Gasteiger partial charge in [-0.2, -0.15) is 11.8 Å². The maximum Gasteiger partial charge on any atom is 0.323 e. The zero-order valence-electron chi connectivity index (χ0n) is 17.4. The number of aliphatic carboxylic acids is 2. The van der Waals surface area contributed by atoms with Crippen molar-refractivity contribution < 1.29 is 30.1 Å². The number of carbonyl (C=O) groups excluding carboxylic acids is 1. The first-order chi connectivity index (χ1) is 14.5. The molecule has 3 rings (SSSR count). The smallest absolute Gasteiger partial charge is 0.323 e. The lowest BCUT2D eigenvalue weighted by molar-refractivity contribution is -0.140. The maximum absolute atomic E-state index is 13.1. The summed E-state index contributed by atoms with van der Waals surface area (Å²) in [6.07, 6.45) is 3.20. The van der Waals surface area contributed by atoms with Gasteiger partial charge < -0.3 is 21.0 Å². The van der Waals surface area contributed by atoms with E-state index in [1.165, 1.54) is 4.90 Å². The van der Waals surface area contributed by atoms with Gasteiger partial charge in [-0.15, -0.1) is 0 Å². The Labute approximate surface area is 185 Å². The molecule has 172 valence electrons. The summed E-state index contributed by atoms with van der Waals surface area (Å²) in [6, 6.07) is 5.64. The van der Waals surface area contributed by atoms with Crippen LogP contribution in [0.5, 0.6) is 0 Å². The monoisotopic (exact) mass is 453 g/mol. The molecule has 0 radical (unpaired) electrons. The normalized spacial score (nSPS) is 20.3. The minimum Gasteiger partial charge on any atom is -0.480 e. The Hall–Kier alpha value is -2.14. The molecule has 0 saturated carbocycles. The van der Waals surface area contributed by atoms with Crippen molar-refractivity contribution in [3.63, 3.8) is 0 Å². The van der Waals surface area contributed by atoms with E-state index in [0.29, 0.717) is 30.2 Å². The van der Waals surface area contributed by atoms with Gasteiger partial charge in [-0.25, -0.2) is 0 Å². The number of fused-ring (bicyclic) bond motifs is 1. The summed E-state index contributed by atoms with van der Waals surface area (Å²) in [5.74, 6) is -0.627. The van der Waals surface area contributed by atoms with Gasteiger partial charge in [0.1, 0.15) is 12.6 Å². The summed E-state index contributed by atoms with van der Waals surface area (Å²) in [7, 11) is 0. The Bertz CT molecular complexity index is 771. The summed E-state index contributed by atoms with van der Waals surface area (Å²) in [6.45, 7) is 1.56. The van der Waals surface area contributed by atoms with Crippen LogP contribution >= 0.6 is 11.8 Å². The molecular weight excluding hydrogens is 422 g/mol. The van der Waals surface area contributed by atoms with Crippen LogP contribution in [-0.4, -0.2) is 76.8 Å². The molecule has 6 N–H and O–H groups in total. The average Bonchev–Trinajstić information content (AvgIpc) is 2.85. The number of para-hydroxylation sites is 1. The summed E-state index contributed by atoms with van der Waals surface area (Å²) in [5, 5.41) is 25.3. The number of hydrogen-bond acceptors (Lipinski definition) is 6. The SMILES string of the molecule is O.O=C(O)CN1C(=O)C(NC(CSCC2CCNCC2)C(=O)O)CCc2ccccc21. The third-order valence-electron chi connectivity index (χ3n) is 5.64. The standard InChI is InChI=1S/C21H29N3O5S.H2O/c25-19(26)11-24-18-4-2-1-3-15(18)5-6-16(20(24)27)23-17(21(28)29)13-30-12-14-7-9-22-10-8-14;/h1-4,14,16-17,22-23H,5-13H2,(H,25,26)(H,28,29);1H2. The van der Waals surface area contributed by atoms with Crippen LogP contribution in [0.15, 0.2) is 24.3 Å². The zero-order chi connectivity index (χ0) is 21.5. The first kappa shape index (κ1) is 25.1. The number of rotatable bonds is 9. The molecule has 9 nitrogen and oxygen atoms in total. The van der Waals surface area contributed by atoms with Crippen LogP contribution in [0.25, 0.3) is 0 Å². The molecule has 31 heavy (non-hydrogen) atoms. The van der Waals surface area contributed by atoms with Crippen molar-refractivity contribution >= 4 is 35.3 Å². The van der Waals surface area contributed by atoms with Gasteiger partial charge in [-0.05, 0) is 62.1 Å². The van der Waals surface area contributed by atoms with Crippen LogP contribution in [0.2, 0.25) is 0 Å². The maximum atomic E-state index is 13.1. The number of hydrogen-bond donors (Lipinski definition) is 4. The topological polar surface area (TPSA) is 150 Å². The van der Waals surface area contributed by atoms with Crippen LogP contribution in [0, 0.1) is 5.92 Å². The molecule has 1 fully saturated rings. The molecular formula is C21H31N3O6S. The fourth-order valence-corrected chi connectivity index (χ4v) is 5.28. The highest BCUT2D eigenvalue weighted by Gasteiger charge is 2.34. The molecule has 2 heterocycles. The average molecular weight is 454 g/mol. The Morgan fingerprint density at radius 3 is 2.58 bits per heavy atom. The van der Waals surface area contributed by atoms with Gasteiger partial charge in [-0.3, -0.25) is 24.6 Å². The summed E-state index contributed by atoms with van der Waals surface area (Å²) >= 11 is 1.60. The minimum absolute atomic E-state index is 0. The second-order valence-electron chi connectivity index (χ2n) is 7.83. The van der Waals surface area contributed by atoms with E-state index in [9.17, 15) is 24.6 Å². The van der Waals surface area contributed by atoms with E-state index in [1.54, 1.807) is 23.9 Å². The molecule has 2 aliphatic heterocycles. The van der Waals surface area contributed by atoms with E-state index < -0.39 is 36.5 Å². The van der Waals surface area contributed by atoms with Crippen molar-refractivity contribution in [2.45, 2.75) is 37.8 Å². The fourth-order valence-electron chi connectivity index (χ4n) is 4.00. The zero-order valence-corrected chi connectivity index (χ0v) is 18.2. The van der Waals surface area contributed by atoms with Crippen LogP contribution in [0.1, 0.15) is 24.8 Å². The van der Waals surface area contributed by atoms with Crippen molar-refractivity contribution in [1.29, 1.82) is 0 Å². The van der Waals surface area contributed by atoms with E-state index in [0.717, 1.165) is 37.2 Å². The second-order valence-corrected chi connectivity index (χ2v) is 8.90. The number of benzene rings is 1. The van der Waals surface area contributed by atoms with Crippen LogP contribution in [0.3, 0.4) is 0 Å². The molecule has 1 aromatic rings. The number of piperidine rings is 1. The number of amides is 1. The highest BCUT2D eigenvalue weighted by Crippen LogP contribution is 2.27. The van der Waals surface area contributed by atoms with Crippen molar-refractivity contribution in [3.05, 3.63) is 29.8 Å². The molecule has 0 spiro atoms. The highest BCUT2D eigenvalue weighted by molar-refractivity contribution is 7.99. The van der Waals surface area contributed by atoms with E-state index in [4.69, 9.17) is 0 Å². The molecule has 1 amide bonds. The van der Waals surface area contributed by atoms with Gasteiger partial charge in [0, 0.05) is 11.4 Å². The van der Waals surface area contributed by atoms with Crippen molar-refractivity contribution in [1.82, 2.24) is 10.6 Å². The van der Waals surface area contributed by atoms with Crippen LogP contribution in [-0.2, 0) is 20.8 Å². The van der Waals surface area contributed by atoms with Gasteiger partial charge in [0.2, 0.25) is 5.91 Å². The summed E-state index contributed by atoms with van der Waals surface area (Å²) in [4.78, 5) is 37.5. The molecule has 0 aromatic heterocycles. The molecule has 0 aliphatic carbocycles. The number of thioether (sulfide) groups is 1. The number of carbonyl (C=O) groups is 3. The Morgan fingerprint density at radius 2 is 1.90 bits per heavy atom. The number of aryl methyl sites for hydroxylation is 1. The molecule has 2 aliphatic rings. The summed E-state index contributed by atoms with van der Waals surface area (Å²) < 4.78 is 0. The highest BCUT2D eigenvalue weighted by atomic mass is 32.2. The summed E-state index contributed by atoms with van der Waals surface area (Å²) in [5.41, 5.74) is 1.48. The van der Waals surface area contributed by atoms with Gasteiger partial charge in [0.15, 0.2) is 0 Å². The van der Waals surface area contributed by atoms with Gasteiger partial charge in [0.05, 0.1) is 6.04 Å². The molecule has 0 bridgehead atoms. The van der Waals surface area contributed by atoms with Crippen molar-refractivity contribution in [2.75, 3.05) is 36.0 Å². The van der Waals surface area contributed by atoms with Crippen LogP contribution in [0.4, 0.5) is 5.69 Å². The first-order valence-electron chi connectivity index (χ1n) is 10.3. The molecule has 2 unspecified atom stereocenters. The number of nitrogens with one attached hydrogen (secondary N) is 2. The van der Waals surface area contributed by atoms with Crippen LogP contribution < -0.4 is 15.5 Å². The lowest BCUT2D eigenvalue weighted by atomic mass is 10.0. The molecule has 1 saturated heterocycles. The predicted octanol–water partition coefficient (Wildman–Crippen LogP) is 0.370. The Morgan fingerprint density at radius 1 is 1.19 bits per heavy atom. The second kappa shape index (κ2) is 12.0. The van der Waals surface area contributed by atoms with Crippen molar-refractivity contribution in [3.8, 4) is 0 Å². The number of carboxylic acid groups (broad SMARTS) is 2. The quantitative estimate of drug-likeness (QED) is 0.419. The number of nitrogens with zero attached hydrogens (tertiary/aromatic N) is 1. The predicted molar refractivity (Wildman–Crippen MR) is 120 cm³/mol. The first-order valence-corrected chi connectivity index (χ1v) is 11.5. The van der Waals surface area contributed by atoms with Gasteiger partial charge in [0.25, 0.3) is 0 Å². The van der Waals surface area contributed by atoms with E-state index >= 15 is 0 Å². The van der Waals surface area contributed by atoms with E-state index in [-0.39, 0.29) is 5.48 Å². The third-order valence-corrected chi connectivity index (χ3v) is 6.92. The largest absolute Gasteiger partial charge is 0.480 e. The molecule has 10 heteroatoms. The molecule has 1 aromatic carbocycles. The lowest BCUT2D eigenvalue weighted by Gasteiger charge is -2.27. The number of carboxylic acids is 2.